The molecule has 0 atom stereocenters. The minimum absolute atomic E-state index is 0.177. The number of methoxy groups -OCH3 is 1. The first kappa shape index (κ1) is 19.4. The van der Waals surface area contributed by atoms with Crippen LogP contribution in [0.3, 0.4) is 0 Å². The Morgan fingerprint density at radius 1 is 1.07 bits per heavy atom. The van der Waals surface area contributed by atoms with E-state index in [2.05, 4.69) is 5.32 Å². The first-order valence-corrected chi connectivity index (χ1v) is 10.1. The van der Waals surface area contributed by atoms with E-state index in [0.29, 0.717) is 29.0 Å². The molecule has 1 amide bonds. The number of hydrogen-bond acceptors (Lipinski definition) is 4. The van der Waals surface area contributed by atoms with E-state index >= 15 is 0 Å². The second-order valence-corrected chi connectivity index (χ2v) is 7.59. The number of rotatable bonds is 7. The predicted octanol–water partition coefficient (Wildman–Crippen LogP) is 5.15. The van der Waals surface area contributed by atoms with Crippen LogP contribution in [0, 0.1) is 5.82 Å². The molecule has 0 fully saturated rings. The highest BCUT2D eigenvalue weighted by molar-refractivity contribution is 7.21. The molecule has 148 valence electrons. The highest BCUT2D eigenvalue weighted by atomic mass is 32.1. The maximum Gasteiger partial charge on any atom is 0.261 e. The van der Waals surface area contributed by atoms with Crippen LogP contribution in [0.5, 0.6) is 5.75 Å². The summed E-state index contributed by atoms with van der Waals surface area (Å²) in [6, 6.07) is 18.7. The van der Waals surface area contributed by atoms with Crippen molar-refractivity contribution in [2.24, 2.45) is 0 Å². The van der Waals surface area contributed by atoms with Crippen molar-refractivity contribution < 1.29 is 18.7 Å². The second-order valence-electron chi connectivity index (χ2n) is 6.54. The third-order valence-electron chi connectivity index (χ3n) is 4.65. The number of carbonyl (C=O) groups is 1. The van der Waals surface area contributed by atoms with Gasteiger partial charge < -0.3 is 14.8 Å². The van der Waals surface area contributed by atoms with Gasteiger partial charge >= 0.3 is 0 Å². The standard InChI is InChI=1S/C23H20FNO3S/c1-27-14-17-21-18(24)9-5-11-20(21)29-22(17)23(26)25-12-13-28-19-10-4-7-15-6-2-3-8-16(15)19/h2-11H,12-14H2,1H3,(H,25,26). The van der Waals surface area contributed by atoms with E-state index in [-0.39, 0.29) is 18.3 Å². The van der Waals surface area contributed by atoms with Crippen molar-refractivity contribution >= 4 is 38.1 Å². The monoisotopic (exact) mass is 409 g/mol. The van der Waals surface area contributed by atoms with Crippen LogP contribution >= 0.6 is 11.3 Å². The summed E-state index contributed by atoms with van der Waals surface area (Å²) in [6.45, 7) is 0.847. The highest BCUT2D eigenvalue weighted by Gasteiger charge is 2.20. The molecule has 1 aromatic heterocycles. The van der Waals surface area contributed by atoms with Crippen molar-refractivity contribution in [3.63, 3.8) is 0 Å². The number of hydrogen-bond donors (Lipinski definition) is 1. The number of carbonyl (C=O) groups excluding carboxylic acids is 1. The largest absolute Gasteiger partial charge is 0.491 e. The quantitative estimate of drug-likeness (QED) is 0.430. The van der Waals surface area contributed by atoms with Crippen LogP contribution in [-0.2, 0) is 11.3 Å². The Balaban J connectivity index is 1.45. The minimum atomic E-state index is -0.343. The number of ether oxygens (including phenoxy) is 2. The molecular weight excluding hydrogens is 389 g/mol. The van der Waals surface area contributed by atoms with Gasteiger partial charge in [-0.15, -0.1) is 11.3 Å². The fourth-order valence-electron chi connectivity index (χ4n) is 3.36. The molecule has 0 aliphatic carbocycles. The van der Waals surface area contributed by atoms with E-state index in [1.54, 1.807) is 6.07 Å². The zero-order valence-corrected chi connectivity index (χ0v) is 16.7. The Morgan fingerprint density at radius 3 is 2.72 bits per heavy atom. The van der Waals surface area contributed by atoms with Crippen LogP contribution in [0.2, 0.25) is 0 Å². The van der Waals surface area contributed by atoms with Crippen molar-refractivity contribution in [3.05, 3.63) is 76.9 Å². The van der Waals surface area contributed by atoms with E-state index in [0.717, 1.165) is 21.2 Å². The van der Waals surface area contributed by atoms with Gasteiger partial charge in [0.15, 0.2) is 0 Å². The number of amides is 1. The molecule has 4 rings (SSSR count). The molecule has 0 saturated carbocycles. The number of thiophene rings is 1. The lowest BCUT2D eigenvalue weighted by molar-refractivity contribution is 0.0947. The Hall–Kier alpha value is -2.96. The average Bonchev–Trinajstić information content (AvgIpc) is 3.11. The molecule has 0 aliphatic heterocycles. The van der Waals surface area contributed by atoms with Gasteiger partial charge in [-0.1, -0.05) is 42.5 Å². The summed E-state index contributed by atoms with van der Waals surface area (Å²) in [5.74, 6) is 0.185. The van der Waals surface area contributed by atoms with E-state index in [1.807, 2.05) is 48.5 Å². The maximum absolute atomic E-state index is 14.3. The SMILES string of the molecule is COCc1c(C(=O)NCCOc2cccc3ccccc23)sc2cccc(F)c12. The van der Waals surface area contributed by atoms with Gasteiger partial charge in [-0.25, -0.2) is 4.39 Å². The Morgan fingerprint density at radius 2 is 1.86 bits per heavy atom. The molecule has 4 aromatic rings. The molecule has 3 aromatic carbocycles. The van der Waals surface area contributed by atoms with Gasteiger partial charge in [-0.05, 0) is 23.6 Å². The average molecular weight is 409 g/mol. The molecule has 6 heteroatoms. The molecule has 0 aliphatic rings. The number of nitrogens with one attached hydrogen (secondary N) is 1. The molecule has 0 saturated heterocycles. The Kier molecular flexibility index (Phi) is 5.74. The van der Waals surface area contributed by atoms with E-state index in [4.69, 9.17) is 9.47 Å². The molecule has 1 heterocycles. The highest BCUT2D eigenvalue weighted by Crippen LogP contribution is 2.33. The number of halogens is 1. The fraction of sp³-hybridized carbons (Fsp3) is 0.174. The number of benzene rings is 3. The molecular formula is C23H20FNO3S. The first-order chi connectivity index (χ1) is 14.2. The van der Waals surface area contributed by atoms with E-state index < -0.39 is 0 Å². The normalized spacial score (nSPS) is 11.1. The van der Waals surface area contributed by atoms with Gasteiger partial charge in [-0.2, -0.15) is 0 Å². The van der Waals surface area contributed by atoms with Crippen molar-refractivity contribution in [2.45, 2.75) is 6.61 Å². The lowest BCUT2D eigenvalue weighted by atomic mass is 10.1. The van der Waals surface area contributed by atoms with Gasteiger partial charge in [0.05, 0.1) is 18.0 Å². The topological polar surface area (TPSA) is 47.6 Å². The number of fused-ring (bicyclic) bond motifs is 2. The third-order valence-corrected chi connectivity index (χ3v) is 5.85. The molecule has 0 spiro atoms. The van der Waals surface area contributed by atoms with Gasteiger partial charge in [0.1, 0.15) is 18.2 Å². The molecule has 4 nitrogen and oxygen atoms in total. The summed E-state index contributed by atoms with van der Waals surface area (Å²) in [4.78, 5) is 13.2. The van der Waals surface area contributed by atoms with E-state index in [9.17, 15) is 9.18 Å². The lowest BCUT2D eigenvalue weighted by Crippen LogP contribution is -2.28. The smallest absolute Gasteiger partial charge is 0.261 e. The van der Waals surface area contributed by atoms with Crippen LogP contribution in [0.25, 0.3) is 20.9 Å². The third kappa shape index (κ3) is 3.95. The van der Waals surface area contributed by atoms with Crippen molar-refractivity contribution in [3.8, 4) is 5.75 Å². The zero-order chi connectivity index (χ0) is 20.2. The summed E-state index contributed by atoms with van der Waals surface area (Å²) >= 11 is 1.27. The van der Waals surface area contributed by atoms with Gasteiger partial charge in [0, 0.05) is 28.1 Å². The summed E-state index contributed by atoms with van der Waals surface area (Å²) in [5, 5.41) is 5.45. The van der Waals surface area contributed by atoms with Crippen LogP contribution in [0.1, 0.15) is 15.2 Å². The van der Waals surface area contributed by atoms with Gasteiger partial charge in [-0.3, -0.25) is 4.79 Å². The van der Waals surface area contributed by atoms with Crippen LogP contribution in [0.4, 0.5) is 4.39 Å². The van der Waals surface area contributed by atoms with E-state index in [1.165, 1.54) is 24.5 Å². The summed E-state index contributed by atoms with van der Waals surface area (Å²) < 4.78 is 26.1. The molecule has 29 heavy (non-hydrogen) atoms. The van der Waals surface area contributed by atoms with Crippen molar-refractivity contribution in [2.75, 3.05) is 20.3 Å². The summed E-state index contributed by atoms with van der Waals surface area (Å²) in [7, 11) is 1.53. The Bertz CT molecular complexity index is 1170. The van der Waals surface area contributed by atoms with Gasteiger partial charge in [0.2, 0.25) is 0 Å². The van der Waals surface area contributed by atoms with Crippen molar-refractivity contribution in [1.29, 1.82) is 0 Å². The Labute approximate surface area is 171 Å². The minimum Gasteiger partial charge on any atom is -0.491 e. The van der Waals surface area contributed by atoms with Crippen LogP contribution in [-0.4, -0.2) is 26.2 Å². The molecule has 1 N–H and O–H groups in total. The molecule has 0 radical (unpaired) electrons. The predicted molar refractivity (Wildman–Crippen MR) is 114 cm³/mol. The first-order valence-electron chi connectivity index (χ1n) is 9.26. The van der Waals surface area contributed by atoms with Crippen molar-refractivity contribution in [1.82, 2.24) is 5.32 Å². The zero-order valence-electron chi connectivity index (χ0n) is 15.9. The van der Waals surface area contributed by atoms with Crippen LogP contribution in [0.15, 0.2) is 60.7 Å². The summed E-state index contributed by atoms with van der Waals surface area (Å²) in [6.07, 6.45) is 0. The lowest BCUT2D eigenvalue weighted by Gasteiger charge is -2.10. The second kappa shape index (κ2) is 8.59. The van der Waals surface area contributed by atoms with Crippen LogP contribution < -0.4 is 10.1 Å². The molecule has 0 bridgehead atoms. The van der Waals surface area contributed by atoms with Gasteiger partial charge in [0.25, 0.3) is 5.91 Å². The maximum atomic E-state index is 14.3. The molecule has 0 unspecified atom stereocenters. The fourth-order valence-corrected chi connectivity index (χ4v) is 4.50. The summed E-state index contributed by atoms with van der Waals surface area (Å²) in [5.41, 5.74) is 0.582.